The molecule has 1 aromatic rings. The maximum Gasteiger partial charge on any atom is 0.119 e. The van der Waals surface area contributed by atoms with Crippen LogP contribution >= 0.6 is 0 Å². The molecule has 0 amide bonds. The SMILES string of the molecule is CCCC(C)c1cccc(OCC(CC)C(C)CCC)c1. The summed E-state index contributed by atoms with van der Waals surface area (Å²) in [7, 11) is 0. The molecule has 1 aromatic carbocycles. The first kappa shape index (κ1) is 18.1. The second-order valence-electron chi connectivity index (χ2n) is 6.51. The highest BCUT2D eigenvalue weighted by atomic mass is 16.5. The van der Waals surface area contributed by atoms with Crippen LogP contribution in [0, 0.1) is 11.8 Å². The Kier molecular flexibility index (Phi) is 8.49. The molecular formula is C20H34O. The van der Waals surface area contributed by atoms with Crippen molar-refractivity contribution >= 4 is 0 Å². The first-order valence-corrected chi connectivity index (χ1v) is 8.85. The van der Waals surface area contributed by atoms with Crippen molar-refractivity contribution in [2.24, 2.45) is 11.8 Å². The van der Waals surface area contributed by atoms with E-state index in [9.17, 15) is 0 Å². The molecule has 0 aliphatic rings. The Labute approximate surface area is 132 Å². The van der Waals surface area contributed by atoms with Crippen LogP contribution in [0.2, 0.25) is 0 Å². The molecule has 0 N–H and O–H groups in total. The molecule has 0 spiro atoms. The fourth-order valence-corrected chi connectivity index (χ4v) is 3.09. The predicted molar refractivity (Wildman–Crippen MR) is 93.1 cm³/mol. The minimum atomic E-state index is 0.625. The van der Waals surface area contributed by atoms with E-state index in [4.69, 9.17) is 4.74 Å². The molecule has 3 atom stereocenters. The molecule has 0 heterocycles. The van der Waals surface area contributed by atoms with Crippen LogP contribution in [0.15, 0.2) is 24.3 Å². The van der Waals surface area contributed by atoms with Crippen molar-refractivity contribution in [1.29, 1.82) is 0 Å². The Hall–Kier alpha value is -0.980. The van der Waals surface area contributed by atoms with E-state index in [2.05, 4.69) is 58.9 Å². The van der Waals surface area contributed by atoms with Crippen LogP contribution in [-0.4, -0.2) is 6.61 Å². The lowest BCUT2D eigenvalue weighted by Crippen LogP contribution is -2.19. The third kappa shape index (κ3) is 6.11. The van der Waals surface area contributed by atoms with Crippen LogP contribution < -0.4 is 4.74 Å². The van der Waals surface area contributed by atoms with Gasteiger partial charge < -0.3 is 4.74 Å². The molecule has 120 valence electrons. The molecule has 0 saturated carbocycles. The van der Waals surface area contributed by atoms with Gasteiger partial charge in [0, 0.05) is 0 Å². The first-order valence-electron chi connectivity index (χ1n) is 8.85. The lowest BCUT2D eigenvalue weighted by molar-refractivity contribution is 0.190. The van der Waals surface area contributed by atoms with Crippen LogP contribution in [0.25, 0.3) is 0 Å². The number of rotatable bonds is 10. The van der Waals surface area contributed by atoms with Crippen molar-refractivity contribution in [3.05, 3.63) is 29.8 Å². The van der Waals surface area contributed by atoms with E-state index in [1.54, 1.807) is 0 Å². The van der Waals surface area contributed by atoms with E-state index in [1.807, 2.05) is 0 Å². The third-order valence-corrected chi connectivity index (χ3v) is 4.69. The number of ether oxygens (including phenoxy) is 1. The van der Waals surface area contributed by atoms with Crippen molar-refractivity contribution in [1.82, 2.24) is 0 Å². The second-order valence-corrected chi connectivity index (χ2v) is 6.51. The molecule has 0 aliphatic heterocycles. The van der Waals surface area contributed by atoms with E-state index in [1.165, 1.54) is 37.7 Å². The van der Waals surface area contributed by atoms with Gasteiger partial charge in [-0.1, -0.05) is 66.0 Å². The molecule has 0 bridgehead atoms. The molecule has 0 aromatic heterocycles. The van der Waals surface area contributed by atoms with E-state index < -0.39 is 0 Å². The van der Waals surface area contributed by atoms with Gasteiger partial charge in [0.1, 0.15) is 5.75 Å². The number of hydrogen-bond donors (Lipinski definition) is 0. The van der Waals surface area contributed by atoms with Crippen molar-refractivity contribution in [3.8, 4) is 5.75 Å². The Morgan fingerprint density at radius 2 is 1.71 bits per heavy atom. The minimum Gasteiger partial charge on any atom is -0.493 e. The van der Waals surface area contributed by atoms with Crippen LogP contribution in [0.1, 0.15) is 78.2 Å². The van der Waals surface area contributed by atoms with Gasteiger partial charge in [0.2, 0.25) is 0 Å². The summed E-state index contributed by atoms with van der Waals surface area (Å²) in [5, 5.41) is 0. The summed E-state index contributed by atoms with van der Waals surface area (Å²) >= 11 is 0. The summed E-state index contributed by atoms with van der Waals surface area (Å²) in [6.45, 7) is 12.3. The molecular weight excluding hydrogens is 256 g/mol. The van der Waals surface area contributed by atoms with E-state index in [0.717, 1.165) is 18.3 Å². The smallest absolute Gasteiger partial charge is 0.119 e. The molecule has 0 aliphatic carbocycles. The second kappa shape index (κ2) is 9.87. The van der Waals surface area contributed by atoms with Crippen molar-refractivity contribution in [2.45, 2.75) is 72.6 Å². The summed E-state index contributed by atoms with van der Waals surface area (Å²) in [5.74, 6) is 3.08. The highest BCUT2D eigenvalue weighted by molar-refractivity contribution is 5.30. The number of benzene rings is 1. The van der Waals surface area contributed by atoms with Crippen LogP contribution in [0.3, 0.4) is 0 Å². The Bertz CT molecular complexity index is 385. The lowest BCUT2D eigenvalue weighted by atomic mass is 9.89. The average Bonchev–Trinajstić information content (AvgIpc) is 2.49. The van der Waals surface area contributed by atoms with Crippen molar-refractivity contribution < 1.29 is 4.74 Å². The predicted octanol–water partition coefficient (Wildman–Crippen LogP) is 6.43. The Balaban J connectivity index is 2.60. The lowest BCUT2D eigenvalue weighted by Gasteiger charge is -2.23. The molecule has 1 rings (SSSR count). The van der Waals surface area contributed by atoms with Crippen molar-refractivity contribution in [2.75, 3.05) is 6.61 Å². The highest BCUT2D eigenvalue weighted by Crippen LogP contribution is 2.26. The molecule has 3 unspecified atom stereocenters. The van der Waals surface area contributed by atoms with Gasteiger partial charge in [0.15, 0.2) is 0 Å². The molecule has 0 saturated heterocycles. The maximum absolute atomic E-state index is 6.10. The zero-order valence-electron chi connectivity index (χ0n) is 14.7. The summed E-state index contributed by atoms with van der Waals surface area (Å²) in [5.41, 5.74) is 1.41. The van der Waals surface area contributed by atoms with Gasteiger partial charge in [-0.3, -0.25) is 0 Å². The van der Waals surface area contributed by atoms with Gasteiger partial charge in [-0.25, -0.2) is 0 Å². The topological polar surface area (TPSA) is 9.23 Å². The Morgan fingerprint density at radius 3 is 2.33 bits per heavy atom. The first-order chi connectivity index (χ1) is 10.1. The minimum absolute atomic E-state index is 0.625. The molecule has 0 radical (unpaired) electrons. The van der Waals surface area contributed by atoms with Crippen LogP contribution in [0.5, 0.6) is 5.75 Å². The van der Waals surface area contributed by atoms with Gasteiger partial charge in [0.25, 0.3) is 0 Å². The molecule has 1 nitrogen and oxygen atoms in total. The normalized spacial score (nSPS) is 15.5. The Morgan fingerprint density at radius 1 is 1.00 bits per heavy atom. The van der Waals surface area contributed by atoms with Gasteiger partial charge in [-0.2, -0.15) is 0 Å². The third-order valence-electron chi connectivity index (χ3n) is 4.69. The zero-order valence-corrected chi connectivity index (χ0v) is 14.7. The largest absolute Gasteiger partial charge is 0.493 e. The van der Waals surface area contributed by atoms with Crippen LogP contribution in [-0.2, 0) is 0 Å². The highest BCUT2D eigenvalue weighted by Gasteiger charge is 2.15. The van der Waals surface area contributed by atoms with E-state index >= 15 is 0 Å². The number of hydrogen-bond acceptors (Lipinski definition) is 1. The quantitative estimate of drug-likeness (QED) is 0.482. The van der Waals surface area contributed by atoms with E-state index in [-0.39, 0.29) is 0 Å². The fraction of sp³-hybridized carbons (Fsp3) is 0.700. The van der Waals surface area contributed by atoms with Gasteiger partial charge in [-0.15, -0.1) is 0 Å². The van der Waals surface area contributed by atoms with Crippen molar-refractivity contribution in [3.63, 3.8) is 0 Å². The fourth-order valence-electron chi connectivity index (χ4n) is 3.09. The average molecular weight is 290 g/mol. The van der Waals surface area contributed by atoms with E-state index in [0.29, 0.717) is 11.8 Å². The van der Waals surface area contributed by atoms with Crippen LogP contribution in [0.4, 0.5) is 0 Å². The van der Waals surface area contributed by atoms with Gasteiger partial charge >= 0.3 is 0 Å². The summed E-state index contributed by atoms with van der Waals surface area (Å²) in [4.78, 5) is 0. The molecule has 0 fully saturated rings. The zero-order chi connectivity index (χ0) is 15.7. The molecule has 21 heavy (non-hydrogen) atoms. The maximum atomic E-state index is 6.10. The summed E-state index contributed by atoms with van der Waals surface area (Å²) in [6, 6.07) is 8.69. The summed E-state index contributed by atoms with van der Waals surface area (Å²) in [6.07, 6.45) is 6.25. The summed E-state index contributed by atoms with van der Waals surface area (Å²) < 4.78 is 6.10. The van der Waals surface area contributed by atoms with Gasteiger partial charge in [0.05, 0.1) is 6.61 Å². The standard InChI is InChI=1S/C20H34O/c1-6-10-16(4)18(8-3)15-21-20-13-9-12-19(14-20)17(5)11-7-2/h9,12-14,16-18H,6-8,10-11,15H2,1-5H3. The monoisotopic (exact) mass is 290 g/mol. The molecule has 1 heteroatoms. The van der Waals surface area contributed by atoms with Gasteiger partial charge in [-0.05, 0) is 48.3 Å².